The minimum Gasteiger partial charge on any atom is -0.378 e. The topological polar surface area (TPSA) is 47.0 Å². The van der Waals surface area contributed by atoms with Crippen LogP contribution in [0.25, 0.3) is 0 Å². The molecule has 0 amide bonds. The van der Waals surface area contributed by atoms with Crippen LogP contribution in [0, 0.1) is 6.92 Å². The molecule has 1 saturated heterocycles. The van der Waals surface area contributed by atoms with Crippen molar-refractivity contribution in [3.63, 3.8) is 0 Å². The van der Waals surface area contributed by atoms with Crippen LogP contribution in [0.2, 0.25) is 0 Å². The molecule has 16 heavy (non-hydrogen) atoms. The summed E-state index contributed by atoms with van der Waals surface area (Å²) >= 11 is 0. The average Bonchev–Trinajstić information content (AvgIpc) is 2.30. The van der Waals surface area contributed by atoms with Crippen LogP contribution >= 0.6 is 0 Å². The molecule has 0 saturated carbocycles. The maximum absolute atomic E-state index is 5.67. The first-order valence-electron chi connectivity index (χ1n) is 6.00. The van der Waals surface area contributed by atoms with Crippen molar-refractivity contribution >= 4 is 5.82 Å². The number of anilines is 1. The minimum atomic E-state index is 0.434. The van der Waals surface area contributed by atoms with E-state index in [9.17, 15) is 0 Å². The number of rotatable bonds is 4. The summed E-state index contributed by atoms with van der Waals surface area (Å²) in [7, 11) is 0. The lowest BCUT2D eigenvalue weighted by molar-refractivity contribution is 0.0134. The van der Waals surface area contributed by atoms with E-state index in [1.807, 2.05) is 13.0 Å². The van der Waals surface area contributed by atoms with Crippen LogP contribution in [0.3, 0.4) is 0 Å². The van der Waals surface area contributed by atoms with Crippen molar-refractivity contribution in [3.8, 4) is 0 Å². The molecule has 88 valence electrons. The van der Waals surface area contributed by atoms with E-state index < -0.39 is 0 Å². The van der Waals surface area contributed by atoms with E-state index in [2.05, 4.69) is 15.3 Å². The minimum absolute atomic E-state index is 0.434. The number of hydrogen-bond acceptors (Lipinski definition) is 4. The van der Waals surface area contributed by atoms with Crippen molar-refractivity contribution in [2.24, 2.45) is 0 Å². The third-order valence-corrected chi connectivity index (χ3v) is 2.82. The Hall–Kier alpha value is -1.16. The normalized spacial score (nSPS) is 20.7. The molecule has 1 N–H and O–H groups in total. The Morgan fingerprint density at radius 2 is 2.44 bits per heavy atom. The van der Waals surface area contributed by atoms with Crippen molar-refractivity contribution in [2.75, 3.05) is 18.5 Å². The Bertz CT molecular complexity index is 324. The highest BCUT2D eigenvalue weighted by molar-refractivity contribution is 5.32. The molecule has 4 nitrogen and oxygen atoms in total. The molecule has 2 rings (SSSR count). The number of nitrogens with one attached hydrogen (secondary N) is 1. The molecular weight excluding hydrogens is 202 g/mol. The molecule has 1 aromatic heterocycles. The van der Waals surface area contributed by atoms with Crippen molar-refractivity contribution in [1.29, 1.82) is 0 Å². The van der Waals surface area contributed by atoms with E-state index in [0.29, 0.717) is 6.10 Å². The summed E-state index contributed by atoms with van der Waals surface area (Å²) in [4.78, 5) is 8.35. The van der Waals surface area contributed by atoms with E-state index >= 15 is 0 Å². The molecule has 1 aliphatic heterocycles. The molecule has 1 unspecified atom stereocenters. The van der Waals surface area contributed by atoms with Crippen LogP contribution < -0.4 is 5.32 Å². The fraction of sp³-hybridized carbons (Fsp3) is 0.667. The first-order valence-corrected chi connectivity index (χ1v) is 6.00. The van der Waals surface area contributed by atoms with E-state index in [-0.39, 0.29) is 0 Å². The lowest BCUT2D eigenvalue weighted by Gasteiger charge is -2.22. The number of aryl methyl sites for hydroxylation is 1. The Kier molecular flexibility index (Phi) is 4.10. The Labute approximate surface area is 96.4 Å². The van der Waals surface area contributed by atoms with Gasteiger partial charge in [0.25, 0.3) is 0 Å². The zero-order valence-electron chi connectivity index (χ0n) is 9.78. The van der Waals surface area contributed by atoms with Crippen molar-refractivity contribution in [1.82, 2.24) is 9.97 Å². The first-order chi connectivity index (χ1) is 7.84. The first kappa shape index (κ1) is 11.3. The van der Waals surface area contributed by atoms with Crippen LogP contribution in [0.15, 0.2) is 12.3 Å². The quantitative estimate of drug-likeness (QED) is 0.846. The van der Waals surface area contributed by atoms with Gasteiger partial charge in [-0.1, -0.05) is 0 Å². The number of ether oxygens (including phenoxy) is 1. The van der Waals surface area contributed by atoms with Gasteiger partial charge in [-0.3, -0.25) is 0 Å². The third-order valence-electron chi connectivity index (χ3n) is 2.82. The van der Waals surface area contributed by atoms with E-state index in [0.717, 1.165) is 31.2 Å². The van der Waals surface area contributed by atoms with Gasteiger partial charge in [0.1, 0.15) is 11.6 Å². The predicted octanol–water partition coefficient (Wildman–Crippen LogP) is 2.16. The van der Waals surface area contributed by atoms with Gasteiger partial charge in [-0.25, -0.2) is 9.97 Å². The van der Waals surface area contributed by atoms with Crippen LogP contribution in [0.4, 0.5) is 5.82 Å². The zero-order valence-corrected chi connectivity index (χ0v) is 9.78. The number of nitrogens with zero attached hydrogens (tertiary/aromatic N) is 2. The molecule has 0 aromatic carbocycles. The van der Waals surface area contributed by atoms with Gasteiger partial charge < -0.3 is 10.1 Å². The van der Waals surface area contributed by atoms with Gasteiger partial charge in [0.15, 0.2) is 0 Å². The van der Waals surface area contributed by atoms with Crippen LogP contribution in [-0.4, -0.2) is 29.2 Å². The molecule has 0 aliphatic carbocycles. The second-order valence-electron chi connectivity index (χ2n) is 4.19. The SMILES string of the molecule is Cc1nccc(NCCC2CCCCO2)n1. The largest absolute Gasteiger partial charge is 0.378 e. The van der Waals surface area contributed by atoms with Crippen LogP contribution in [0.1, 0.15) is 31.5 Å². The Morgan fingerprint density at radius 1 is 1.50 bits per heavy atom. The Balaban J connectivity index is 1.71. The summed E-state index contributed by atoms with van der Waals surface area (Å²) in [6.07, 6.45) is 6.99. The van der Waals surface area contributed by atoms with Gasteiger partial charge in [-0.2, -0.15) is 0 Å². The second-order valence-corrected chi connectivity index (χ2v) is 4.19. The maximum atomic E-state index is 5.67. The molecule has 0 spiro atoms. The lowest BCUT2D eigenvalue weighted by atomic mass is 10.1. The summed E-state index contributed by atoms with van der Waals surface area (Å²) in [5, 5.41) is 3.30. The highest BCUT2D eigenvalue weighted by Gasteiger charge is 2.12. The number of hydrogen-bond donors (Lipinski definition) is 1. The standard InChI is InChI=1S/C12H19N3O/c1-10-13-8-6-12(15-10)14-7-5-11-4-2-3-9-16-11/h6,8,11H,2-5,7,9H2,1H3,(H,13,14,15). The van der Waals surface area contributed by atoms with Gasteiger partial charge >= 0.3 is 0 Å². The molecule has 1 atom stereocenters. The second kappa shape index (κ2) is 5.80. The van der Waals surface area contributed by atoms with Crippen LogP contribution in [-0.2, 0) is 4.74 Å². The van der Waals surface area contributed by atoms with Gasteiger partial charge in [-0.05, 0) is 38.7 Å². The predicted molar refractivity (Wildman–Crippen MR) is 63.5 cm³/mol. The zero-order chi connectivity index (χ0) is 11.2. The molecule has 0 radical (unpaired) electrons. The summed E-state index contributed by atoms with van der Waals surface area (Å²) in [5.74, 6) is 1.71. The molecule has 2 heterocycles. The van der Waals surface area contributed by atoms with E-state index in [1.54, 1.807) is 6.20 Å². The van der Waals surface area contributed by atoms with E-state index in [4.69, 9.17) is 4.74 Å². The van der Waals surface area contributed by atoms with Crippen molar-refractivity contribution in [2.45, 2.75) is 38.7 Å². The third kappa shape index (κ3) is 3.45. The molecule has 1 aromatic rings. The summed E-state index contributed by atoms with van der Waals surface area (Å²) < 4.78 is 5.67. The molecule has 0 bridgehead atoms. The highest BCUT2D eigenvalue weighted by atomic mass is 16.5. The van der Waals surface area contributed by atoms with Gasteiger partial charge in [0, 0.05) is 19.3 Å². The highest BCUT2D eigenvalue weighted by Crippen LogP contribution is 2.15. The molecular formula is C12H19N3O. The lowest BCUT2D eigenvalue weighted by Crippen LogP contribution is -2.22. The summed E-state index contributed by atoms with van der Waals surface area (Å²) in [5.41, 5.74) is 0. The monoisotopic (exact) mass is 221 g/mol. The number of aromatic nitrogens is 2. The fourth-order valence-corrected chi connectivity index (χ4v) is 1.95. The maximum Gasteiger partial charge on any atom is 0.129 e. The smallest absolute Gasteiger partial charge is 0.129 e. The Morgan fingerprint density at radius 3 is 3.19 bits per heavy atom. The molecule has 1 fully saturated rings. The van der Waals surface area contributed by atoms with Gasteiger partial charge in [-0.15, -0.1) is 0 Å². The van der Waals surface area contributed by atoms with Crippen molar-refractivity contribution < 1.29 is 4.74 Å². The molecule has 1 aliphatic rings. The average molecular weight is 221 g/mol. The van der Waals surface area contributed by atoms with E-state index in [1.165, 1.54) is 19.3 Å². The summed E-state index contributed by atoms with van der Waals surface area (Å²) in [6.45, 7) is 3.74. The summed E-state index contributed by atoms with van der Waals surface area (Å²) in [6, 6.07) is 1.90. The fourth-order valence-electron chi connectivity index (χ4n) is 1.95. The molecule has 4 heteroatoms. The van der Waals surface area contributed by atoms with Gasteiger partial charge in [0.05, 0.1) is 6.10 Å². The van der Waals surface area contributed by atoms with Gasteiger partial charge in [0.2, 0.25) is 0 Å². The van der Waals surface area contributed by atoms with Crippen LogP contribution in [0.5, 0.6) is 0 Å². The van der Waals surface area contributed by atoms with Crippen molar-refractivity contribution in [3.05, 3.63) is 18.1 Å².